The summed E-state index contributed by atoms with van der Waals surface area (Å²) in [5.74, 6) is 0.298. The lowest BCUT2D eigenvalue weighted by molar-refractivity contribution is 0.0635. The number of hydrogen-bond acceptors (Lipinski definition) is 4. The van der Waals surface area contributed by atoms with Gasteiger partial charge in [-0.25, -0.2) is 9.78 Å². The summed E-state index contributed by atoms with van der Waals surface area (Å²) < 4.78 is 5.07. The van der Waals surface area contributed by atoms with Gasteiger partial charge in [-0.1, -0.05) is 0 Å². The summed E-state index contributed by atoms with van der Waals surface area (Å²) in [5.41, 5.74) is 0.684. The molecule has 0 aromatic carbocycles. The Morgan fingerprint density at radius 2 is 2.12 bits per heavy atom. The Hall–Kier alpha value is -1.91. The molecule has 17 heavy (non-hydrogen) atoms. The van der Waals surface area contributed by atoms with Crippen LogP contribution in [0.3, 0.4) is 0 Å². The minimum atomic E-state index is -0.592. The van der Waals surface area contributed by atoms with Gasteiger partial charge in [-0.2, -0.15) is 0 Å². The molecule has 1 amide bonds. The number of hydrogen-bond donors (Lipinski definition) is 1. The van der Waals surface area contributed by atoms with Gasteiger partial charge >= 0.3 is 6.09 Å². The van der Waals surface area contributed by atoms with E-state index in [4.69, 9.17) is 4.74 Å². The lowest BCUT2D eigenvalue weighted by Gasteiger charge is -2.19. The Balaban J connectivity index is 2.75. The molecular weight excluding hydrogens is 220 g/mol. The maximum Gasteiger partial charge on any atom is 0.413 e. The molecule has 0 spiro atoms. The molecule has 0 bridgehead atoms. The number of rotatable bonds is 2. The van der Waals surface area contributed by atoms with Crippen molar-refractivity contribution in [3.8, 4) is 0 Å². The molecule has 0 aliphatic heterocycles. The Morgan fingerprint density at radius 3 is 2.65 bits per heavy atom. The number of nitrogens with zero attached hydrogens (tertiary/aromatic N) is 1. The van der Waals surface area contributed by atoms with E-state index in [1.54, 1.807) is 27.7 Å². The number of anilines is 1. The van der Waals surface area contributed by atoms with Crippen LogP contribution in [0, 0.1) is 6.92 Å². The second-order valence-corrected chi connectivity index (χ2v) is 4.67. The first-order valence-electron chi connectivity index (χ1n) is 5.23. The molecule has 1 rings (SSSR count). The van der Waals surface area contributed by atoms with Crippen LogP contribution in [0.2, 0.25) is 0 Å². The van der Waals surface area contributed by atoms with Crippen LogP contribution in [0.15, 0.2) is 12.3 Å². The first-order chi connectivity index (χ1) is 7.81. The lowest BCUT2D eigenvalue weighted by atomic mass is 10.2. The van der Waals surface area contributed by atoms with Crippen molar-refractivity contribution in [1.29, 1.82) is 0 Å². The molecule has 92 valence electrons. The van der Waals surface area contributed by atoms with Crippen molar-refractivity contribution in [2.75, 3.05) is 5.32 Å². The number of pyridine rings is 1. The average Bonchev–Trinajstić information content (AvgIpc) is 2.18. The number of nitrogens with one attached hydrogen (secondary N) is 1. The molecule has 0 saturated carbocycles. The second-order valence-electron chi connectivity index (χ2n) is 4.67. The van der Waals surface area contributed by atoms with E-state index in [-0.39, 0.29) is 0 Å². The number of aryl methyl sites for hydroxylation is 1. The van der Waals surface area contributed by atoms with Gasteiger partial charge in [-0.05, 0) is 39.3 Å². The first-order valence-corrected chi connectivity index (χ1v) is 5.23. The summed E-state index contributed by atoms with van der Waals surface area (Å²) >= 11 is 0. The third-order valence-corrected chi connectivity index (χ3v) is 1.90. The number of ether oxygens (including phenoxy) is 1. The maximum absolute atomic E-state index is 11.5. The fourth-order valence-corrected chi connectivity index (χ4v) is 1.14. The second kappa shape index (κ2) is 4.95. The Kier molecular flexibility index (Phi) is 3.83. The van der Waals surface area contributed by atoms with Crippen molar-refractivity contribution in [2.24, 2.45) is 0 Å². The molecule has 0 radical (unpaired) electrons. The molecule has 0 aliphatic rings. The molecule has 0 saturated heterocycles. The monoisotopic (exact) mass is 236 g/mol. The van der Waals surface area contributed by atoms with Crippen molar-refractivity contribution < 1.29 is 14.3 Å². The van der Waals surface area contributed by atoms with E-state index in [2.05, 4.69) is 10.3 Å². The van der Waals surface area contributed by atoms with E-state index in [0.717, 1.165) is 11.8 Å². The van der Waals surface area contributed by atoms with Gasteiger partial charge in [-0.3, -0.25) is 10.1 Å². The summed E-state index contributed by atoms with van der Waals surface area (Å²) in [6.45, 7) is 7.08. The van der Waals surface area contributed by atoms with Crippen molar-refractivity contribution in [2.45, 2.75) is 33.3 Å². The molecule has 1 aromatic heterocycles. The van der Waals surface area contributed by atoms with E-state index in [9.17, 15) is 9.59 Å². The summed E-state index contributed by atoms with van der Waals surface area (Å²) in [6.07, 6.45) is 1.65. The summed E-state index contributed by atoms with van der Waals surface area (Å²) in [5, 5.41) is 2.47. The van der Waals surface area contributed by atoms with Crippen LogP contribution in [0.25, 0.3) is 0 Å². The van der Waals surface area contributed by atoms with Crippen molar-refractivity contribution >= 4 is 18.2 Å². The summed E-state index contributed by atoms with van der Waals surface area (Å²) in [6, 6.07) is 1.51. The van der Waals surface area contributed by atoms with Gasteiger partial charge in [0.25, 0.3) is 0 Å². The Morgan fingerprint density at radius 1 is 1.47 bits per heavy atom. The van der Waals surface area contributed by atoms with Crippen LogP contribution in [-0.4, -0.2) is 23.0 Å². The Labute approximate surface area is 100 Å². The lowest BCUT2D eigenvalue weighted by Crippen LogP contribution is -2.27. The van der Waals surface area contributed by atoms with Gasteiger partial charge in [0.2, 0.25) is 0 Å². The molecule has 0 aliphatic carbocycles. The predicted octanol–water partition coefficient (Wildman–Crippen LogP) is 2.55. The molecular formula is C12H16N2O3. The standard InChI is InChI=1S/C12H16N2O3/c1-8-6-13-10(5-9(8)7-15)14-11(16)17-12(2,3)4/h5-7H,1-4H3,(H,13,14,16). The molecule has 0 unspecified atom stereocenters. The van der Waals surface area contributed by atoms with Crippen molar-refractivity contribution in [3.05, 3.63) is 23.4 Å². The van der Waals surface area contributed by atoms with E-state index in [1.165, 1.54) is 12.3 Å². The molecule has 1 N–H and O–H groups in total. The third-order valence-electron chi connectivity index (χ3n) is 1.90. The maximum atomic E-state index is 11.5. The number of aldehydes is 1. The quantitative estimate of drug-likeness (QED) is 0.801. The summed E-state index contributed by atoms with van der Waals surface area (Å²) in [4.78, 5) is 26.2. The highest BCUT2D eigenvalue weighted by Crippen LogP contribution is 2.12. The van der Waals surface area contributed by atoms with Crippen LogP contribution < -0.4 is 5.32 Å². The van der Waals surface area contributed by atoms with E-state index in [1.807, 2.05) is 0 Å². The fourth-order valence-electron chi connectivity index (χ4n) is 1.14. The third kappa shape index (κ3) is 4.22. The molecule has 5 nitrogen and oxygen atoms in total. The van der Waals surface area contributed by atoms with E-state index < -0.39 is 11.7 Å². The highest BCUT2D eigenvalue weighted by atomic mass is 16.6. The van der Waals surface area contributed by atoms with E-state index >= 15 is 0 Å². The van der Waals surface area contributed by atoms with Crippen LogP contribution in [0.4, 0.5) is 10.6 Å². The van der Waals surface area contributed by atoms with Crippen LogP contribution in [0.1, 0.15) is 36.7 Å². The normalized spacial score (nSPS) is 10.8. The zero-order valence-electron chi connectivity index (χ0n) is 10.4. The highest BCUT2D eigenvalue weighted by molar-refractivity contribution is 5.86. The van der Waals surface area contributed by atoms with Crippen LogP contribution in [-0.2, 0) is 4.74 Å². The topological polar surface area (TPSA) is 68.3 Å². The van der Waals surface area contributed by atoms with Crippen LogP contribution >= 0.6 is 0 Å². The van der Waals surface area contributed by atoms with Gasteiger partial charge in [0, 0.05) is 11.8 Å². The van der Waals surface area contributed by atoms with Crippen molar-refractivity contribution in [3.63, 3.8) is 0 Å². The average molecular weight is 236 g/mol. The predicted molar refractivity (Wildman–Crippen MR) is 64.2 cm³/mol. The number of carbonyl (C=O) groups is 2. The first kappa shape index (κ1) is 13.2. The molecule has 0 fully saturated rings. The number of aromatic nitrogens is 1. The van der Waals surface area contributed by atoms with Gasteiger partial charge in [-0.15, -0.1) is 0 Å². The smallest absolute Gasteiger partial charge is 0.413 e. The molecule has 0 atom stereocenters. The van der Waals surface area contributed by atoms with Gasteiger partial charge in [0.1, 0.15) is 11.4 Å². The van der Waals surface area contributed by atoms with Gasteiger partial charge < -0.3 is 4.74 Å². The van der Waals surface area contributed by atoms with Gasteiger partial charge in [0.15, 0.2) is 6.29 Å². The SMILES string of the molecule is Cc1cnc(NC(=O)OC(C)(C)C)cc1C=O. The number of carbonyl (C=O) groups excluding carboxylic acids is 2. The zero-order valence-corrected chi connectivity index (χ0v) is 10.4. The molecule has 1 aromatic rings. The van der Waals surface area contributed by atoms with Crippen LogP contribution in [0.5, 0.6) is 0 Å². The van der Waals surface area contributed by atoms with E-state index in [0.29, 0.717) is 11.4 Å². The minimum absolute atomic E-state index is 0.298. The molecule has 5 heteroatoms. The van der Waals surface area contributed by atoms with Crippen molar-refractivity contribution in [1.82, 2.24) is 4.98 Å². The fraction of sp³-hybridized carbons (Fsp3) is 0.417. The molecule has 1 heterocycles. The minimum Gasteiger partial charge on any atom is -0.444 e. The highest BCUT2D eigenvalue weighted by Gasteiger charge is 2.16. The largest absolute Gasteiger partial charge is 0.444 e. The Bertz CT molecular complexity index is 436. The number of amides is 1. The van der Waals surface area contributed by atoms with Gasteiger partial charge in [0.05, 0.1) is 0 Å². The summed E-state index contributed by atoms with van der Waals surface area (Å²) in [7, 11) is 0. The zero-order chi connectivity index (χ0) is 13.1.